The first kappa shape index (κ1) is 13.7. The van der Waals surface area contributed by atoms with E-state index in [1.165, 1.54) is 4.31 Å². The second kappa shape index (κ2) is 4.93. The number of nitrogens with two attached hydrogens (primary N) is 1. The molecule has 1 unspecified atom stereocenters. The molecule has 20 heavy (non-hydrogen) atoms. The van der Waals surface area contributed by atoms with E-state index in [4.69, 9.17) is 5.73 Å². The maximum absolute atomic E-state index is 12.8. The average Bonchev–Trinajstić information content (AvgIpc) is 2.82. The van der Waals surface area contributed by atoms with E-state index in [0.29, 0.717) is 31.2 Å². The summed E-state index contributed by atoms with van der Waals surface area (Å²) < 4.78 is 28.8. The zero-order chi connectivity index (χ0) is 14.3. The molecule has 110 valence electrons. The van der Waals surface area contributed by atoms with Crippen molar-refractivity contribution in [3.63, 3.8) is 0 Å². The summed E-state index contributed by atoms with van der Waals surface area (Å²) in [6.45, 7) is 3.88. The fourth-order valence-electron chi connectivity index (χ4n) is 3.10. The molecule has 1 aromatic rings. The van der Waals surface area contributed by atoms with E-state index < -0.39 is 10.2 Å². The van der Waals surface area contributed by atoms with Gasteiger partial charge in [-0.15, -0.1) is 0 Å². The predicted octanol–water partition coefficient (Wildman–Crippen LogP) is 1.61. The van der Waals surface area contributed by atoms with Crippen molar-refractivity contribution >= 4 is 21.6 Å². The van der Waals surface area contributed by atoms with Gasteiger partial charge in [-0.3, -0.25) is 4.31 Å². The van der Waals surface area contributed by atoms with Gasteiger partial charge in [0.1, 0.15) is 0 Å². The van der Waals surface area contributed by atoms with Crippen LogP contribution < -0.4 is 10.0 Å². The van der Waals surface area contributed by atoms with Crippen LogP contribution >= 0.6 is 0 Å². The summed E-state index contributed by atoms with van der Waals surface area (Å²) in [4.78, 5) is 0. The quantitative estimate of drug-likeness (QED) is 0.843. The van der Waals surface area contributed by atoms with Crippen LogP contribution in [-0.2, 0) is 16.6 Å². The van der Waals surface area contributed by atoms with Crippen molar-refractivity contribution in [1.29, 1.82) is 0 Å². The Bertz CT molecular complexity index is 615. The molecule has 0 saturated carbocycles. The summed E-state index contributed by atoms with van der Waals surface area (Å²) in [5.41, 5.74) is 8.23. The van der Waals surface area contributed by atoms with E-state index in [1.807, 2.05) is 12.1 Å². The van der Waals surface area contributed by atoms with Gasteiger partial charge in [-0.2, -0.15) is 12.7 Å². The summed E-state index contributed by atoms with van der Waals surface area (Å²) >= 11 is 0. The van der Waals surface area contributed by atoms with Crippen LogP contribution in [0.25, 0.3) is 0 Å². The van der Waals surface area contributed by atoms with E-state index >= 15 is 0 Å². The zero-order valence-electron chi connectivity index (χ0n) is 11.7. The fraction of sp³-hybridized carbons (Fsp3) is 0.571. The number of nitrogens with zero attached hydrogens (tertiary/aromatic N) is 2. The minimum absolute atomic E-state index is 0.432. The number of fused-ring (bicyclic) bond motifs is 1. The third-order valence-corrected chi connectivity index (χ3v) is 6.11. The molecule has 2 N–H and O–H groups in total. The maximum Gasteiger partial charge on any atom is 0.304 e. The van der Waals surface area contributed by atoms with Gasteiger partial charge in [-0.05, 0) is 42.9 Å². The number of hydrogen-bond donors (Lipinski definition) is 1. The molecular weight excluding hydrogens is 274 g/mol. The molecule has 3 rings (SSSR count). The first-order valence-electron chi connectivity index (χ1n) is 7.14. The van der Waals surface area contributed by atoms with Crippen LogP contribution in [0, 0.1) is 5.92 Å². The van der Waals surface area contributed by atoms with Gasteiger partial charge >= 0.3 is 10.2 Å². The topological polar surface area (TPSA) is 66.6 Å². The Morgan fingerprint density at radius 2 is 2.10 bits per heavy atom. The number of piperidine rings is 1. The van der Waals surface area contributed by atoms with E-state index in [-0.39, 0.29) is 0 Å². The lowest BCUT2D eigenvalue weighted by molar-refractivity contribution is 0.280. The van der Waals surface area contributed by atoms with Crippen LogP contribution in [0.5, 0.6) is 0 Å². The van der Waals surface area contributed by atoms with Crippen molar-refractivity contribution in [2.24, 2.45) is 5.92 Å². The Hall–Kier alpha value is -1.27. The van der Waals surface area contributed by atoms with Crippen LogP contribution in [0.3, 0.4) is 0 Å². The summed E-state index contributed by atoms with van der Waals surface area (Å²) in [6.07, 6.45) is 2.81. The van der Waals surface area contributed by atoms with Gasteiger partial charge in [-0.1, -0.05) is 13.0 Å². The first-order valence-corrected chi connectivity index (χ1v) is 8.54. The van der Waals surface area contributed by atoms with Gasteiger partial charge in [0.25, 0.3) is 0 Å². The fourth-order valence-corrected chi connectivity index (χ4v) is 4.92. The van der Waals surface area contributed by atoms with Gasteiger partial charge in [0.05, 0.1) is 5.69 Å². The van der Waals surface area contributed by atoms with Gasteiger partial charge in [0.15, 0.2) is 0 Å². The molecule has 0 amide bonds. The molecule has 2 aliphatic heterocycles. The third-order valence-electron chi connectivity index (χ3n) is 4.19. The number of anilines is 2. The lowest BCUT2D eigenvalue weighted by Crippen LogP contribution is -2.47. The molecule has 2 heterocycles. The largest absolute Gasteiger partial charge is 0.399 e. The van der Waals surface area contributed by atoms with Crippen LogP contribution in [0.4, 0.5) is 11.4 Å². The van der Waals surface area contributed by atoms with Crippen molar-refractivity contribution in [2.75, 3.05) is 29.7 Å². The predicted molar refractivity (Wildman–Crippen MR) is 80.8 cm³/mol. The van der Waals surface area contributed by atoms with E-state index in [2.05, 4.69) is 6.92 Å². The Morgan fingerprint density at radius 3 is 2.85 bits per heavy atom. The maximum atomic E-state index is 12.8. The molecule has 5 nitrogen and oxygen atoms in total. The Morgan fingerprint density at radius 1 is 1.30 bits per heavy atom. The van der Waals surface area contributed by atoms with Crippen molar-refractivity contribution in [1.82, 2.24) is 4.31 Å². The molecule has 2 aliphatic rings. The molecule has 0 radical (unpaired) electrons. The van der Waals surface area contributed by atoms with E-state index in [9.17, 15) is 8.42 Å². The van der Waals surface area contributed by atoms with Crippen LogP contribution in [0.15, 0.2) is 18.2 Å². The Labute approximate surface area is 120 Å². The minimum Gasteiger partial charge on any atom is -0.399 e. The molecule has 0 bridgehead atoms. The molecule has 1 saturated heterocycles. The number of rotatable bonds is 2. The van der Waals surface area contributed by atoms with Crippen LogP contribution in [0.1, 0.15) is 25.3 Å². The molecule has 6 heteroatoms. The molecule has 0 aliphatic carbocycles. The monoisotopic (exact) mass is 295 g/mol. The highest BCUT2D eigenvalue weighted by Crippen LogP contribution is 2.34. The number of nitrogen functional groups attached to an aromatic ring is 1. The number of hydrogen-bond acceptors (Lipinski definition) is 3. The average molecular weight is 295 g/mol. The first-order chi connectivity index (χ1) is 9.48. The van der Waals surface area contributed by atoms with Crippen molar-refractivity contribution in [2.45, 2.75) is 26.2 Å². The molecule has 1 fully saturated rings. The highest BCUT2D eigenvalue weighted by atomic mass is 32.2. The number of benzene rings is 1. The van der Waals surface area contributed by atoms with Crippen LogP contribution in [-0.4, -0.2) is 32.4 Å². The van der Waals surface area contributed by atoms with E-state index in [1.54, 1.807) is 10.4 Å². The smallest absolute Gasteiger partial charge is 0.304 e. The van der Waals surface area contributed by atoms with Gasteiger partial charge in [-0.25, -0.2) is 0 Å². The summed E-state index contributed by atoms with van der Waals surface area (Å²) in [7, 11) is -3.41. The van der Waals surface area contributed by atoms with Gasteiger partial charge in [0.2, 0.25) is 0 Å². The second-order valence-electron chi connectivity index (χ2n) is 5.82. The third kappa shape index (κ3) is 2.27. The molecule has 0 spiro atoms. The Balaban J connectivity index is 1.92. The normalized spacial score (nSPS) is 23.9. The summed E-state index contributed by atoms with van der Waals surface area (Å²) in [6, 6.07) is 5.53. The van der Waals surface area contributed by atoms with E-state index in [0.717, 1.165) is 30.5 Å². The molecule has 1 aromatic carbocycles. The second-order valence-corrected chi connectivity index (χ2v) is 7.68. The lowest BCUT2D eigenvalue weighted by Gasteiger charge is -2.33. The van der Waals surface area contributed by atoms with Crippen molar-refractivity contribution in [3.05, 3.63) is 23.8 Å². The molecule has 0 aromatic heterocycles. The summed E-state index contributed by atoms with van der Waals surface area (Å²) in [5.74, 6) is 0.432. The van der Waals surface area contributed by atoms with Crippen molar-refractivity contribution in [3.8, 4) is 0 Å². The molecule has 1 atom stereocenters. The Kier molecular flexibility index (Phi) is 3.38. The van der Waals surface area contributed by atoms with Crippen LogP contribution in [0.2, 0.25) is 0 Å². The van der Waals surface area contributed by atoms with Gasteiger partial charge in [0, 0.05) is 25.3 Å². The zero-order valence-corrected chi connectivity index (χ0v) is 12.6. The van der Waals surface area contributed by atoms with Crippen molar-refractivity contribution < 1.29 is 8.42 Å². The highest BCUT2D eigenvalue weighted by molar-refractivity contribution is 7.90. The van der Waals surface area contributed by atoms with Gasteiger partial charge < -0.3 is 5.73 Å². The minimum atomic E-state index is -3.41. The highest BCUT2D eigenvalue weighted by Gasteiger charge is 2.36. The SMILES string of the molecule is CC1CCCN(S(=O)(=O)N2CCc3ccc(N)cc32)C1. The summed E-state index contributed by atoms with van der Waals surface area (Å²) in [5, 5.41) is 0. The standard InChI is InChI=1S/C14H21N3O2S/c1-11-3-2-7-16(10-11)20(18,19)17-8-6-12-4-5-13(15)9-14(12)17/h4-5,9,11H,2-3,6-8,10,15H2,1H3. The lowest BCUT2D eigenvalue weighted by atomic mass is 10.0. The molecular formula is C14H21N3O2S.